The first-order valence-electron chi connectivity index (χ1n) is 7.93. The van der Waals surface area contributed by atoms with Gasteiger partial charge in [-0.25, -0.2) is 4.79 Å². The van der Waals surface area contributed by atoms with Crippen molar-refractivity contribution < 1.29 is 24.2 Å². The van der Waals surface area contributed by atoms with Gasteiger partial charge in [0.15, 0.2) is 11.5 Å². The minimum atomic E-state index is -0.845. The number of benzene rings is 2. The van der Waals surface area contributed by atoms with E-state index in [2.05, 4.69) is 5.32 Å². The normalized spacial score (nSPS) is 11.4. The number of amides is 1. The molecule has 6 heteroatoms. The molecular weight excluding hydrogens is 322 g/mol. The fraction of sp³-hybridized carbons (Fsp3) is 0.263. The smallest absolute Gasteiger partial charge is 0.328 e. The minimum absolute atomic E-state index is 0.00672. The summed E-state index contributed by atoms with van der Waals surface area (Å²) in [7, 11) is 1.44. The second-order valence-corrected chi connectivity index (χ2v) is 5.35. The molecule has 2 N–H and O–H groups in total. The van der Waals surface area contributed by atoms with E-state index >= 15 is 0 Å². The topological polar surface area (TPSA) is 84.9 Å². The average Bonchev–Trinajstić information content (AvgIpc) is 2.63. The van der Waals surface area contributed by atoms with E-state index in [4.69, 9.17) is 9.47 Å². The molecule has 0 spiro atoms. The molecule has 0 fully saturated rings. The number of phenolic OH excluding ortho intramolecular Hbond substituents is 1. The van der Waals surface area contributed by atoms with Gasteiger partial charge in [0.2, 0.25) is 0 Å². The van der Waals surface area contributed by atoms with Crippen molar-refractivity contribution in [3.05, 3.63) is 59.7 Å². The molecule has 2 aromatic carbocycles. The maximum Gasteiger partial charge on any atom is 0.328 e. The van der Waals surface area contributed by atoms with Gasteiger partial charge in [0.1, 0.15) is 6.04 Å². The van der Waals surface area contributed by atoms with E-state index < -0.39 is 12.0 Å². The molecule has 25 heavy (non-hydrogen) atoms. The number of methoxy groups -OCH3 is 1. The van der Waals surface area contributed by atoms with E-state index in [1.165, 1.54) is 13.2 Å². The van der Waals surface area contributed by atoms with Gasteiger partial charge in [0.25, 0.3) is 5.91 Å². The van der Waals surface area contributed by atoms with Gasteiger partial charge in [0.05, 0.1) is 13.7 Å². The fourth-order valence-corrected chi connectivity index (χ4v) is 2.35. The Kier molecular flexibility index (Phi) is 6.39. The summed E-state index contributed by atoms with van der Waals surface area (Å²) < 4.78 is 10.1. The number of carbonyl (C=O) groups is 2. The van der Waals surface area contributed by atoms with Crippen molar-refractivity contribution >= 4 is 11.9 Å². The molecule has 0 saturated carbocycles. The second kappa shape index (κ2) is 8.73. The van der Waals surface area contributed by atoms with Gasteiger partial charge < -0.3 is 19.9 Å². The highest BCUT2D eigenvalue weighted by molar-refractivity contribution is 5.96. The molecule has 0 aliphatic carbocycles. The Balaban J connectivity index is 2.18. The van der Waals surface area contributed by atoms with Crippen LogP contribution in [0.15, 0.2) is 48.5 Å². The minimum Gasteiger partial charge on any atom is -0.504 e. The van der Waals surface area contributed by atoms with Crippen LogP contribution in [-0.2, 0) is 16.0 Å². The molecular formula is C19H21NO5. The summed E-state index contributed by atoms with van der Waals surface area (Å²) >= 11 is 0. The SMILES string of the molecule is CCOC(=O)C(Cc1ccc(O)c(OC)c1)NC(=O)c1ccccc1. The van der Waals surface area contributed by atoms with Crippen molar-refractivity contribution in [2.24, 2.45) is 0 Å². The van der Waals surface area contributed by atoms with Crippen LogP contribution in [0.2, 0.25) is 0 Å². The molecule has 1 amide bonds. The first kappa shape index (κ1) is 18.3. The molecule has 0 radical (unpaired) electrons. The number of hydrogen-bond acceptors (Lipinski definition) is 5. The summed E-state index contributed by atoms with van der Waals surface area (Å²) in [6.45, 7) is 1.92. The second-order valence-electron chi connectivity index (χ2n) is 5.35. The summed E-state index contributed by atoms with van der Waals surface area (Å²) in [5.41, 5.74) is 1.18. The molecule has 0 heterocycles. The highest BCUT2D eigenvalue weighted by Crippen LogP contribution is 2.26. The molecule has 0 bridgehead atoms. The lowest BCUT2D eigenvalue weighted by molar-refractivity contribution is -0.145. The number of rotatable bonds is 7. The van der Waals surface area contributed by atoms with Crippen molar-refractivity contribution in [2.75, 3.05) is 13.7 Å². The van der Waals surface area contributed by atoms with Gasteiger partial charge in [-0.05, 0) is 36.8 Å². The Morgan fingerprint density at radius 3 is 2.52 bits per heavy atom. The van der Waals surface area contributed by atoms with Crippen molar-refractivity contribution in [3.63, 3.8) is 0 Å². The number of phenols is 1. The van der Waals surface area contributed by atoms with E-state index in [1.807, 2.05) is 6.07 Å². The molecule has 0 aromatic heterocycles. The predicted molar refractivity (Wildman–Crippen MR) is 92.7 cm³/mol. The number of nitrogens with one attached hydrogen (secondary N) is 1. The summed E-state index contributed by atoms with van der Waals surface area (Å²) in [6, 6.07) is 12.6. The van der Waals surface area contributed by atoms with E-state index in [0.717, 1.165) is 5.56 Å². The number of esters is 1. The van der Waals surface area contributed by atoms with E-state index in [0.29, 0.717) is 11.3 Å². The standard InChI is InChI=1S/C19H21NO5/c1-3-25-19(23)15(20-18(22)14-7-5-4-6-8-14)11-13-9-10-16(21)17(12-13)24-2/h4-10,12,15,21H,3,11H2,1-2H3,(H,20,22). The molecule has 132 valence electrons. The van der Waals surface area contributed by atoms with Crippen LogP contribution in [0.25, 0.3) is 0 Å². The molecule has 2 rings (SSSR count). The number of aromatic hydroxyl groups is 1. The van der Waals surface area contributed by atoms with Crippen molar-refractivity contribution in [3.8, 4) is 11.5 Å². The Labute approximate surface area is 146 Å². The average molecular weight is 343 g/mol. The fourth-order valence-electron chi connectivity index (χ4n) is 2.35. The molecule has 1 unspecified atom stereocenters. The Bertz CT molecular complexity index is 730. The first-order valence-corrected chi connectivity index (χ1v) is 7.93. The number of hydrogen-bond donors (Lipinski definition) is 2. The monoisotopic (exact) mass is 343 g/mol. The lowest BCUT2D eigenvalue weighted by atomic mass is 10.0. The van der Waals surface area contributed by atoms with Gasteiger partial charge in [-0.1, -0.05) is 24.3 Å². The third-order valence-electron chi connectivity index (χ3n) is 3.60. The molecule has 0 aliphatic heterocycles. The van der Waals surface area contributed by atoms with Crippen LogP contribution < -0.4 is 10.1 Å². The summed E-state index contributed by atoms with van der Waals surface area (Å²) in [4.78, 5) is 24.6. The zero-order chi connectivity index (χ0) is 18.2. The van der Waals surface area contributed by atoms with Gasteiger partial charge in [-0.3, -0.25) is 4.79 Å². The van der Waals surface area contributed by atoms with Gasteiger partial charge in [-0.2, -0.15) is 0 Å². The van der Waals surface area contributed by atoms with Crippen LogP contribution in [0.3, 0.4) is 0 Å². The molecule has 2 aromatic rings. The lowest BCUT2D eigenvalue weighted by Crippen LogP contribution is -2.43. The van der Waals surface area contributed by atoms with Crippen LogP contribution in [0, 0.1) is 0 Å². The summed E-state index contributed by atoms with van der Waals surface area (Å²) in [5, 5.41) is 12.4. The van der Waals surface area contributed by atoms with E-state index in [9.17, 15) is 14.7 Å². The zero-order valence-electron chi connectivity index (χ0n) is 14.2. The van der Waals surface area contributed by atoms with Crippen LogP contribution in [0.5, 0.6) is 11.5 Å². The first-order chi connectivity index (χ1) is 12.0. The summed E-state index contributed by atoms with van der Waals surface area (Å²) in [5.74, 6) is -0.565. The van der Waals surface area contributed by atoms with Crippen molar-refractivity contribution in [1.29, 1.82) is 0 Å². The third-order valence-corrected chi connectivity index (χ3v) is 3.60. The van der Waals surface area contributed by atoms with Crippen LogP contribution in [0.1, 0.15) is 22.8 Å². The molecule has 6 nitrogen and oxygen atoms in total. The highest BCUT2D eigenvalue weighted by atomic mass is 16.5. The quantitative estimate of drug-likeness (QED) is 0.754. The summed E-state index contributed by atoms with van der Waals surface area (Å²) in [6.07, 6.45) is 0.216. The molecule has 0 aliphatic rings. The lowest BCUT2D eigenvalue weighted by Gasteiger charge is -2.18. The third kappa shape index (κ3) is 4.97. The highest BCUT2D eigenvalue weighted by Gasteiger charge is 2.23. The number of ether oxygens (including phenoxy) is 2. The van der Waals surface area contributed by atoms with Crippen molar-refractivity contribution in [2.45, 2.75) is 19.4 Å². The Morgan fingerprint density at radius 2 is 1.88 bits per heavy atom. The van der Waals surface area contributed by atoms with Gasteiger partial charge >= 0.3 is 5.97 Å². The van der Waals surface area contributed by atoms with Gasteiger partial charge in [-0.15, -0.1) is 0 Å². The van der Waals surface area contributed by atoms with Crippen LogP contribution in [-0.4, -0.2) is 36.7 Å². The van der Waals surface area contributed by atoms with E-state index in [-0.39, 0.29) is 24.7 Å². The Hall–Kier alpha value is -3.02. The van der Waals surface area contributed by atoms with Crippen LogP contribution >= 0.6 is 0 Å². The largest absolute Gasteiger partial charge is 0.504 e. The van der Waals surface area contributed by atoms with Crippen molar-refractivity contribution in [1.82, 2.24) is 5.32 Å². The maximum atomic E-state index is 12.3. The zero-order valence-corrected chi connectivity index (χ0v) is 14.2. The Morgan fingerprint density at radius 1 is 1.16 bits per heavy atom. The van der Waals surface area contributed by atoms with E-state index in [1.54, 1.807) is 43.3 Å². The number of carbonyl (C=O) groups excluding carboxylic acids is 2. The van der Waals surface area contributed by atoms with Gasteiger partial charge in [0, 0.05) is 12.0 Å². The molecule has 0 saturated heterocycles. The van der Waals surface area contributed by atoms with Crippen LogP contribution in [0.4, 0.5) is 0 Å². The maximum absolute atomic E-state index is 12.3. The molecule has 1 atom stereocenters. The predicted octanol–water partition coefficient (Wildman–Crippen LogP) is 2.31.